The van der Waals surface area contributed by atoms with Crippen LogP contribution in [-0.4, -0.2) is 39.7 Å². The number of nitrogens with zero attached hydrogens (tertiary/aromatic N) is 3. The molecule has 2 heterocycles. The molecule has 1 aromatic heterocycles. The molecule has 5 nitrogen and oxygen atoms in total. The summed E-state index contributed by atoms with van der Waals surface area (Å²) in [6.45, 7) is 8.03. The van der Waals surface area contributed by atoms with Crippen LogP contribution in [-0.2, 0) is 17.9 Å². The molecule has 5 heteroatoms. The number of hydrogen-bond acceptors (Lipinski definition) is 3. The van der Waals surface area contributed by atoms with E-state index in [1.807, 2.05) is 4.68 Å². The minimum atomic E-state index is 0.171. The van der Waals surface area contributed by atoms with Crippen LogP contribution < -0.4 is 5.32 Å². The van der Waals surface area contributed by atoms with E-state index in [-0.39, 0.29) is 11.8 Å². The van der Waals surface area contributed by atoms with Crippen LogP contribution in [0.2, 0.25) is 0 Å². The van der Waals surface area contributed by atoms with Crippen molar-refractivity contribution in [2.45, 2.75) is 77.9 Å². The lowest BCUT2D eigenvalue weighted by Crippen LogP contribution is -2.44. The molecule has 134 valence electrons. The third-order valence-electron chi connectivity index (χ3n) is 5.70. The zero-order valence-electron chi connectivity index (χ0n) is 15.3. The maximum atomic E-state index is 12.6. The highest BCUT2D eigenvalue weighted by Crippen LogP contribution is 2.32. The molecule has 0 radical (unpaired) electrons. The Morgan fingerprint density at radius 2 is 2.04 bits per heavy atom. The maximum Gasteiger partial charge on any atom is 0.224 e. The Hall–Kier alpha value is -1.36. The topological polar surface area (TPSA) is 50.2 Å². The Morgan fingerprint density at radius 3 is 2.83 bits per heavy atom. The van der Waals surface area contributed by atoms with Gasteiger partial charge >= 0.3 is 0 Å². The van der Waals surface area contributed by atoms with Crippen molar-refractivity contribution < 1.29 is 4.79 Å². The first-order chi connectivity index (χ1) is 11.7. The van der Waals surface area contributed by atoms with Gasteiger partial charge in [0.05, 0.1) is 11.6 Å². The number of rotatable bonds is 3. The fourth-order valence-electron chi connectivity index (χ4n) is 4.28. The summed E-state index contributed by atoms with van der Waals surface area (Å²) in [5, 5.41) is 7.77. The molecule has 1 N–H and O–H groups in total. The second-order valence-corrected chi connectivity index (χ2v) is 7.38. The Bertz CT molecular complexity index is 554. The van der Waals surface area contributed by atoms with E-state index in [1.165, 1.54) is 31.2 Å². The summed E-state index contributed by atoms with van der Waals surface area (Å²) >= 11 is 0. The van der Waals surface area contributed by atoms with Crippen molar-refractivity contribution in [1.82, 2.24) is 20.0 Å². The zero-order chi connectivity index (χ0) is 16.9. The molecule has 1 aliphatic heterocycles. The number of aryl methyl sites for hydroxylation is 2. The highest BCUT2D eigenvalue weighted by atomic mass is 16.1. The number of carbonyl (C=O) groups is 1. The molecule has 1 saturated heterocycles. The zero-order valence-corrected chi connectivity index (χ0v) is 15.3. The Balaban J connectivity index is 1.78. The van der Waals surface area contributed by atoms with Gasteiger partial charge in [0, 0.05) is 37.4 Å². The second-order valence-electron chi connectivity index (χ2n) is 7.38. The number of carbonyl (C=O) groups excluding carboxylic acids is 1. The van der Waals surface area contributed by atoms with Crippen LogP contribution in [0.4, 0.5) is 0 Å². The fraction of sp³-hybridized carbons (Fsp3) is 0.789. The third kappa shape index (κ3) is 4.00. The molecule has 3 rings (SSSR count). The molecule has 0 unspecified atom stereocenters. The number of nitrogens with one attached hydrogen (secondary N) is 1. The van der Waals surface area contributed by atoms with E-state index < -0.39 is 0 Å². The predicted molar refractivity (Wildman–Crippen MR) is 95.7 cm³/mol. The maximum absolute atomic E-state index is 12.6. The van der Waals surface area contributed by atoms with E-state index in [4.69, 9.17) is 0 Å². The van der Waals surface area contributed by atoms with E-state index >= 15 is 0 Å². The van der Waals surface area contributed by atoms with Crippen molar-refractivity contribution in [1.29, 1.82) is 0 Å². The average Bonchev–Trinajstić information content (AvgIpc) is 3.18. The third-order valence-corrected chi connectivity index (χ3v) is 5.70. The van der Waals surface area contributed by atoms with Gasteiger partial charge in [0.1, 0.15) is 0 Å². The van der Waals surface area contributed by atoms with Gasteiger partial charge in [0.25, 0.3) is 0 Å². The molecule has 1 amide bonds. The van der Waals surface area contributed by atoms with E-state index in [2.05, 4.69) is 35.4 Å². The molecule has 2 aliphatic rings. The minimum absolute atomic E-state index is 0.171. The molecule has 24 heavy (non-hydrogen) atoms. The summed E-state index contributed by atoms with van der Waals surface area (Å²) in [5.41, 5.74) is 2.45. The number of amides is 1. The molecule has 2 atom stereocenters. The van der Waals surface area contributed by atoms with Crippen molar-refractivity contribution in [2.24, 2.45) is 5.92 Å². The Morgan fingerprint density at radius 1 is 1.21 bits per heavy atom. The Kier molecular flexibility index (Phi) is 5.93. The van der Waals surface area contributed by atoms with E-state index in [0.717, 1.165) is 51.1 Å². The van der Waals surface area contributed by atoms with Crippen LogP contribution in [0.25, 0.3) is 0 Å². The largest absolute Gasteiger partial charge is 0.356 e. The van der Waals surface area contributed by atoms with E-state index in [0.29, 0.717) is 6.04 Å². The lowest BCUT2D eigenvalue weighted by molar-refractivity contribution is -0.126. The predicted octanol–water partition coefficient (Wildman–Crippen LogP) is 2.87. The first kappa shape index (κ1) is 17.5. The Labute approximate surface area is 145 Å². The SMILES string of the molecule is CCn1cc(CN2CCCCCCNC(=O)[C@@H]3CCC[C@@H]32)c(C)n1. The van der Waals surface area contributed by atoms with Gasteiger partial charge < -0.3 is 5.32 Å². The van der Waals surface area contributed by atoms with E-state index in [9.17, 15) is 4.79 Å². The summed E-state index contributed by atoms with van der Waals surface area (Å²) in [6.07, 6.45) is 10.4. The summed E-state index contributed by atoms with van der Waals surface area (Å²) in [6, 6.07) is 0.396. The quantitative estimate of drug-likeness (QED) is 0.926. The smallest absolute Gasteiger partial charge is 0.224 e. The standard InChI is InChI=1S/C19H32N4O/c1-3-23-14-16(15(2)21-23)13-22-12-7-5-4-6-11-20-19(24)17-9-8-10-18(17)22/h14,17-18H,3-13H2,1-2H3,(H,20,24)/t17-,18+/m1/s1. The van der Waals surface area contributed by atoms with Gasteiger partial charge in [-0.15, -0.1) is 0 Å². The minimum Gasteiger partial charge on any atom is -0.356 e. The summed E-state index contributed by atoms with van der Waals surface area (Å²) in [7, 11) is 0. The monoisotopic (exact) mass is 332 g/mol. The summed E-state index contributed by atoms with van der Waals surface area (Å²) in [4.78, 5) is 15.2. The van der Waals surface area contributed by atoms with Gasteiger partial charge in [-0.25, -0.2) is 0 Å². The highest BCUT2D eigenvalue weighted by Gasteiger charge is 2.36. The molecule has 2 fully saturated rings. The van der Waals surface area contributed by atoms with Crippen molar-refractivity contribution in [2.75, 3.05) is 13.1 Å². The van der Waals surface area contributed by atoms with Gasteiger partial charge in [-0.2, -0.15) is 5.10 Å². The molecular formula is C19H32N4O. The molecule has 0 bridgehead atoms. The second kappa shape index (κ2) is 8.15. The molecule has 1 aromatic rings. The molecule has 1 saturated carbocycles. The van der Waals surface area contributed by atoms with Crippen molar-refractivity contribution in [3.8, 4) is 0 Å². The van der Waals surface area contributed by atoms with Gasteiger partial charge in [0.15, 0.2) is 0 Å². The first-order valence-electron chi connectivity index (χ1n) is 9.73. The van der Waals surface area contributed by atoms with Crippen LogP contribution in [0, 0.1) is 12.8 Å². The van der Waals surface area contributed by atoms with Crippen LogP contribution in [0.5, 0.6) is 0 Å². The van der Waals surface area contributed by atoms with Crippen LogP contribution in [0.3, 0.4) is 0 Å². The van der Waals surface area contributed by atoms with Crippen molar-refractivity contribution >= 4 is 5.91 Å². The van der Waals surface area contributed by atoms with E-state index in [1.54, 1.807) is 0 Å². The molecule has 0 spiro atoms. The lowest BCUT2D eigenvalue weighted by Gasteiger charge is -2.32. The van der Waals surface area contributed by atoms with Crippen LogP contribution >= 0.6 is 0 Å². The number of aromatic nitrogens is 2. The van der Waals surface area contributed by atoms with Gasteiger partial charge in [-0.05, 0) is 46.1 Å². The fourth-order valence-corrected chi connectivity index (χ4v) is 4.28. The van der Waals surface area contributed by atoms with Crippen LogP contribution in [0.1, 0.15) is 63.1 Å². The van der Waals surface area contributed by atoms with Crippen molar-refractivity contribution in [3.05, 3.63) is 17.5 Å². The summed E-state index contributed by atoms with van der Waals surface area (Å²) in [5.74, 6) is 0.454. The van der Waals surface area contributed by atoms with Crippen LogP contribution in [0.15, 0.2) is 6.20 Å². The number of fused-ring (bicyclic) bond motifs is 1. The lowest BCUT2D eigenvalue weighted by atomic mass is 10.00. The molecule has 0 aromatic carbocycles. The number of hydrogen-bond donors (Lipinski definition) is 1. The normalized spacial score (nSPS) is 26.7. The van der Waals surface area contributed by atoms with Gasteiger partial charge in [0.2, 0.25) is 5.91 Å². The summed E-state index contributed by atoms with van der Waals surface area (Å²) < 4.78 is 2.02. The molecular weight excluding hydrogens is 300 g/mol. The van der Waals surface area contributed by atoms with Gasteiger partial charge in [-0.1, -0.05) is 19.3 Å². The molecule has 1 aliphatic carbocycles. The van der Waals surface area contributed by atoms with Gasteiger partial charge in [-0.3, -0.25) is 14.4 Å². The van der Waals surface area contributed by atoms with Crippen molar-refractivity contribution in [3.63, 3.8) is 0 Å². The average molecular weight is 332 g/mol. The highest BCUT2D eigenvalue weighted by molar-refractivity contribution is 5.79. The first-order valence-corrected chi connectivity index (χ1v) is 9.73.